The zero-order valence-electron chi connectivity index (χ0n) is 13.0. The molecule has 7 heteroatoms. The maximum absolute atomic E-state index is 13.5. The molecule has 126 valence electrons. The molecule has 1 N–H and O–H groups in total. The highest BCUT2D eigenvalue weighted by Crippen LogP contribution is 2.37. The standard InChI is InChI=1S/C17H17F2N3O2/c18-11-2-4-16(14(19)6-11)24-9-12-7-15(21-20-12)17(23)22-8-10-1-3-13(22)5-10/h2,4,6-7,10,13H,1,3,5,8-9H2,(H,20,21)/t10-,13-/m0/s1. The molecule has 4 rings (SSSR count). The van der Waals surface area contributed by atoms with Crippen LogP contribution in [0.2, 0.25) is 0 Å². The third-order valence-electron chi connectivity index (χ3n) is 4.80. The first-order valence-corrected chi connectivity index (χ1v) is 8.03. The molecule has 2 aliphatic rings. The number of nitrogens with zero attached hydrogens (tertiary/aromatic N) is 2. The Hall–Kier alpha value is -2.44. The van der Waals surface area contributed by atoms with E-state index in [4.69, 9.17) is 4.74 Å². The van der Waals surface area contributed by atoms with Gasteiger partial charge in [-0.05, 0) is 43.4 Å². The molecule has 1 amide bonds. The van der Waals surface area contributed by atoms with E-state index in [-0.39, 0.29) is 18.3 Å². The van der Waals surface area contributed by atoms with Crippen molar-refractivity contribution in [1.29, 1.82) is 0 Å². The molecule has 24 heavy (non-hydrogen) atoms. The predicted octanol–water partition coefficient (Wildman–Crippen LogP) is 2.89. The summed E-state index contributed by atoms with van der Waals surface area (Å²) in [6.45, 7) is 0.831. The van der Waals surface area contributed by atoms with Crippen molar-refractivity contribution in [3.63, 3.8) is 0 Å². The van der Waals surface area contributed by atoms with Crippen molar-refractivity contribution < 1.29 is 18.3 Å². The van der Waals surface area contributed by atoms with Gasteiger partial charge in [0.05, 0.1) is 5.69 Å². The van der Waals surface area contributed by atoms with Crippen molar-refractivity contribution in [3.8, 4) is 5.75 Å². The van der Waals surface area contributed by atoms with E-state index in [0.29, 0.717) is 23.3 Å². The number of ether oxygens (including phenoxy) is 1. The summed E-state index contributed by atoms with van der Waals surface area (Å²) in [5.74, 6) is -0.913. The van der Waals surface area contributed by atoms with Crippen molar-refractivity contribution in [3.05, 3.63) is 47.3 Å². The molecule has 1 saturated heterocycles. The van der Waals surface area contributed by atoms with Crippen molar-refractivity contribution in [2.45, 2.75) is 31.9 Å². The SMILES string of the molecule is O=C(c1cc(COc2ccc(F)cc2F)[nH]n1)N1C[C@H]2CC[C@H]1C2. The van der Waals surface area contributed by atoms with E-state index in [1.807, 2.05) is 4.90 Å². The number of likely N-dealkylation sites (tertiary alicyclic amines) is 1. The normalized spacial score (nSPS) is 22.2. The molecule has 2 heterocycles. The van der Waals surface area contributed by atoms with E-state index in [2.05, 4.69) is 10.2 Å². The molecule has 1 aliphatic carbocycles. The van der Waals surface area contributed by atoms with E-state index < -0.39 is 11.6 Å². The highest BCUT2D eigenvalue weighted by atomic mass is 19.1. The molecular formula is C17H17F2N3O2. The first-order chi connectivity index (χ1) is 11.6. The van der Waals surface area contributed by atoms with Crippen LogP contribution in [0.1, 0.15) is 35.4 Å². The van der Waals surface area contributed by atoms with Gasteiger partial charge in [-0.1, -0.05) is 0 Å². The fourth-order valence-electron chi connectivity index (χ4n) is 3.61. The van der Waals surface area contributed by atoms with Crippen LogP contribution < -0.4 is 4.74 Å². The van der Waals surface area contributed by atoms with Gasteiger partial charge in [-0.25, -0.2) is 8.78 Å². The first kappa shape index (κ1) is 15.1. The summed E-state index contributed by atoms with van der Waals surface area (Å²) in [6.07, 6.45) is 3.37. The average molecular weight is 333 g/mol. The Morgan fingerprint density at radius 1 is 1.33 bits per heavy atom. The first-order valence-electron chi connectivity index (χ1n) is 8.03. The van der Waals surface area contributed by atoms with Gasteiger partial charge < -0.3 is 9.64 Å². The van der Waals surface area contributed by atoms with Crippen LogP contribution in [0.3, 0.4) is 0 Å². The number of hydrogen-bond donors (Lipinski definition) is 1. The molecule has 1 aromatic heterocycles. The molecule has 1 aliphatic heterocycles. The van der Waals surface area contributed by atoms with Gasteiger partial charge in [-0.3, -0.25) is 9.89 Å². The zero-order chi connectivity index (χ0) is 16.7. The number of benzene rings is 1. The number of nitrogens with one attached hydrogen (secondary N) is 1. The second kappa shape index (κ2) is 5.89. The second-order valence-electron chi connectivity index (χ2n) is 6.43. The Labute approximate surface area is 137 Å². The highest BCUT2D eigenvalue weighted by molar-refractivity contribution is 5.92. The maximum Gasteiger partial charge on any atom is 0.274 e. The maximum atomic E-state index is 13.5. The lowest BCUT2D eigenvalue weighted by Crippen LogP contribution is -2.37. The summed E-state index contributed by atoms with van der Waals surface area (Å²) in [5, 5.41) is 6.78. The lowest BCUT2D eigenvalue weighted by molar-refractivity contribution is 0.0697. The number of fused-ring (bicyclic) bond motifs is 2. The summed E-state index contributed by atoms with van der Waals surface area (Å²) in [7, 11) is 0. The third kappa shape index (κ3) is 2.74. The molecule has 2 bridgehead atoms. The van der Waals surface area contributed by atoms with Crippen LogP contribution in [0.25, 0.3) is 0 Å². The summed E-state index contributed by atoms with van der Waals surface area (Å²) in [5.41, 5.74) is 0.909. The Kier molecular flexibility index (Phi) is 3.70. The minimum Gasteiger partial charge on any atom is -0.484 e. The number of amides is 1. The highest BCUT2D eigenvalue weighted by Gasteiger charge is 2.40. The topological polar surface area (TPSA) is 58.2 Å². The molecule has 2 fully saturated rings. The second-order valence-corrected chi connectivity index (χ2v) is 6.43. The number of carbonyl (C=O) groups is 1. The smallest absolute Gasteiger partial charge is 0.274 e. The van der Waals surface area contributed by atoms with E-state index in [1.54, 1.807) is 6.07 Å². The van der Waals surface area contributed by atoms with Gasteiger partial charge in [0.2, 0.25) is 0 Å². The van der Waals surface area contributed by atoms with Gasteiger partial charge in [0.15, 0.2) is 17.3 Å². The van der Waals surface area contributed by atoms with E-state index >= 15 is 0 Å². The molecule has 2 atom stereocenters. The number of hydrogen-bond acceptors (Lipinski definition) is 3. The van der Waals surface area contributed by atoms with E-state index in [0.717, 1.165) is 31.5 Å². The van der Waals surface area contributed by atoms with Crippen molar-refractivity contribution in [2.24, 2.45) is 5.92 Å². The predicted molar refractivity (Wildman–Crippen MR) is 81.4 cm³/mol. The van der Waals surface area contributed by atoms with Crippen LogP contribution in [-0.4, -0.2) is 33.6 Å². The Morgan fingerprint density at radius 3 is 2.92 bits per heavy atom. The van der Waals surface area contributed by atoms with E-state index in [9.17, 15) is 13.6 Å². The van der Waals surface area contributed by atoms with Crippen LogP contribution in [0.5, 0.6) is 5.75 Å². The van der Waals surface area contributed by atoms with Crippen molar-refractivity contribution >= 4 is 5.91 Å². The fraction of sp³-hybridized carbons (Fsp3) is 0.412. The third-order valence-corrected chi connectivity index (χ3v) is 4.80. The molecule has 0 unspecified atom stereocenters. The number of H-pyrrole nitrogens is 1. The Morgan fingerprint density at radius 2 is 2.21 bits per heavy atom. The molecule has 1 saturated carbocycles. The quantitative estimate of drug-likeness (QED) is 0.936. The zero-order valence-corrected chi connectivity index (χ0v) is 13.0. The van der Waals surface area contributed by atoms with Crippen molar-refractivity contribution in [1.82, 2.24) is 15.1 Å². The van der Waals surface area contributed by atoms with Crippen LogP contribution in [-0.2, 0) is 6.61 Å². The Bertz CT molecular complexity index is 777. The lowest BCUT2D eigenvalue weighted by Gasteiger charge is -2.26. The van der Waals surface area contributed by atoms with Crippen LogP contribution in [0.4, 0.5) is 8.78 Å². The van der Waals surface area contributed by atoms with Gasteiger partial charge in [-0.15, -0.1) is 0 Å². The number of piperidine rings is 1. The average Bonchev–Trinajstić information content (AvgIpc) is 3.30. The summed E-state index contributed by atoms with van der Waals surface area (Å²) in [4.78, 5) is 14.4. The van der Waals surface area contributed by atoms with Gasteiger partial charge >= 0.3 is 0 Å². The minimum absolute atomic E-state index is 0.0227. The minimum atomic E-state index is -0.765. The molecule has 2 aromatic rings. The van der Waals surface area contributed by atoms with Crippen LogP contribution in [0, 0.1) is 17.6 Å². The van der Waals surface area contributed by atoms with E-state index in [1.165, 1.54) is 12.5 Å². The summed E-state index contributed by atoms with van der Waals surface area (Å²) in [6, 6.07) is 5.08. The number of aromatic nitrogens is 2. The van der Waals surface area contributed by atoms with Crippen molar-refractivity contribution in [2.75, 3.05) is 6.54 Å². The fourth-order valence-corrected chi connectivity index (χ4v) is 3.61. The summed E-state index contributed by atoms with van der Waals surface area (Å²) < 4.78 is 31.7. The van der Waals surface area contributed by atoms with Crippen LogP contribution in [0.15, 0.2) is 24.3 Å². The number of aromatic amines is 1. The van der Waals surface area contributed by atoms with Gasteiger partial charge in [0.1, 0.15) is 12.4 Å². The molecular weight excluding hydrogens is 316 g/mol. The monoisotopic (exact) mass is 333 g/mol. The summed E-state index contributed by atoms with van der Waals surface area (Å²) >= 11 is 0. The Balaban J connectivity index is 1.40. The van der Waals surface area contributed by atoms with Gasteiger partial charge in [0, 0.05) is 18.7 Å². The number of rotatable bonds is 4. The molecule has 0 radical (unpaired) electrons. The van der Waals surface area contributed by atoms with Gasteiger partial charge in [-0.2, -0.15) is 5.10 Å². The molecule has 1 aromatic carbocycles. The number of halogens is 2. The lowest BCUT2D eigenvalue weighted by atomic mass is 10.1. The largest absolute Gasteiger partial charge is 0.484 e. The molecule has 5 nitrogen and oxygen atoms in total. The molecule has 0 spiro atoms. The van der Waals surface area contributed by atoms with Gasteiger partial charge in [0.25, 0.3) is 5.91 Å². The van der Waals surface area contributed by atoms with Crippen LogP contribution >= 0.6 is 0 Å². The number of carbonyl (C=O) groups excluding carboxylic acids is 1.